The van der Waals surface area contributed by atoms with E-state index in [4.69, 9.17) is 0 Å². The molecule has 0 saturated carbocycles. The summed E-state index contributed by atoms with van der Waals surface area (Å²) in [5, 5.41) is 2.56. The first-order valence-electron chi connectivity index (χ1n) is 11.2. The van der Waals surface area contributed by atoms with Crippen LogP contribution < -0.4 is 14.3 Å². The van der Waals surface area contributed by atoms with E-state index in [1.165, 1.54) is 25.1 Å². The van der Waals surface area contributed by atoms with Crippen molar-refractivity contribution in [2.24, 2.45) is 0 Å². The van der Waals surface area contributed by atoms with Crippen LogP contribution in [0.4, 0.5) is 30.2 Å². The Morgan fingerprint density at radius 1 is 0.868 bits per heavy atom. The number of carbonyl (C=O) groups is 1. The fourth-order valence-electron chi connectivity index (χ4n) is 3.61. The molecule has 2 N–H and O–H groups in total. The fourth-order valence-corrected chi connectivity index (χ4v) is 5.82. The first-order chi connectivity index (χ1) is 17.5. The summed E-state index contributed by atoms with van der Waals surface area (Å²) in [5.74, 6) is -0.661. The molecule has 1 amide bonds. The third-order valence-electron chi connectivity index (χ3n) is 5.71. The maximum atomic E-state index is 12.9. The van der Waals surface area contributed by atoms with Gasteiger partial charge in [-0.05, 0) is 86.5 Å². The van der Waals surface area contributed by atoms with Crippen LogP contribution in [0.25, 0.3) is 0 Å². The van der Waals surface area contributed by atoms with Crippen LogP contribution in [-0.4, -0.2) is 35.0 Å². The maximum Gasteiger partial charge on any atom is 0.416 e. The Bertz CT molecular complexity index is 1560. The second-order valence-corrected chi connectivity index (χ2v) is 12.2. The van der Waals surface area contributed by atoms with Crippen molar-refractivity contribution in [1.82, 2.24) is 0 Å². The number of rotatable bonds is 8. The van der Waals surface area contributed by atoms with Crippen LogP contribution in [0.2, 0.25) is 0 Å². The Labute approximate surface area is 219 Å². The Hall–Kier alpha value is -3.58. The molecule has 13 heteroatoms. The summed E-state index contributed by atoms with van der Waals surface area (Å²) in [7, 11) is -8.07. The molecule has 8 nitrogen and oxygen atoms in total. The molecular formula is C25H26F3N3O5S2. The van der Waals surface area contributed by atoms with E-state index in [0.29, 0.717) is 11.8 Å². The van der Waals surface area contributed by atoms with Crippen LogP contribution in [0.3, 0.4) is 0 Å². The van der Waals surface area contributed by atoms with Crippen molar-refractivity contribution in [2.45, 2.75) is 37.9 Å². The molecule has 0 aliphatic heterocycles. The van der Waals surface area contributed by atoms with Gasteiger partial charge in [0.25, 0.3) is 10.0 Å². The van der Waals surface area contributed by atoms with Gasteiger partial charge in [0.1, 0.15) is 6.04 Å². The van der Waals surface area contributed by atoms with Crippen molar-refractivity contribution in [1.29, 1.82) is 0 Å². The summed E-state index contributed by atoms with van der Waals surface area (Å²) >= 11 is 0. The average molecular weight is 570 g/mol. The number of anilines is 3. The number of carbonyl (C=O) groups excluding carboxylic acids is 1. The summed E-state index contributed by atoms with van der Waals surface area (Å²) in [5.41, 5.74) is 1.04. The minimum Gasteiger partial charge on any atom is -0.324 e. The molecule has 204 valence electrons. The van der Waals surface area contributed by atoms with E-state index in [-0.39, 0.29) is 16.3 Å². The maximum absolute atomic E-state index is 12.9. The van der Waals surface area contributed by atoms with E-state index < -0.39 is 43.7 Å². The summed E-state index contributed by atoms with van der Waals surface area (Å²) in [6, 6.07) is 12.5. The van der Waals surface area contributed by atoms with Crippen LogP contribution in [-0.2, 0) is 31.0 Å². The number of hydrogen-bond acceptors (Lipinski definition) is 5. The molecule has 3 rings (SSSR count). The van der Waals surface area contributed by atoms with Crippen molar-refractivity contribution in [3.8, 4) is 0 Å². The lowest BCUT2D eigenvalue weighted by Gasteiger charge is -2.28. The molecule has 0 radical (unpaired) electrons. The van der Waals surface area contributed by atoms with Crippen LogP contribution in [0.15, 0.2) is 71.6 Å². The highest BCUT2D eigenvalue weighted by atomic mass is 32.2. The van der Waals surface area contributed by atoms with Gasteiger partial charge in [0.15, 0.2) is 0 Å². The number of nitrogens with one attached hydrogen (secondary N) is 2. The van der Waals surface area contributed by atoms with E-state index in [1.807, 2.05) is 13.8 Å². The molecule has 0 fully saturated rings. The second-order valence-electron chi connectivity index (χ2n) is 8.70. The Balaban J connectivity index is 1.77. The van der Waals surface area contributed by atoms with Gasteiger partial charge in [-0.1, -0.05) is 12.1 Å². The SMILES string of the molecule is Cc1ccc(N(C(C)C(=O)Nc2ccc(S(=O)(=O)Nc3cccc(C(F)(F)F)c3)cc2)S(C)(=O)=O)cc1C. The van der Waals surface area contributed by atoms with Crippen LogP contribution in [0.5, 0.6) is 0 Å². The van der Waals surface area contributed by atoms with Crippen molar-refractivity contribution in [3.05, 3.63) is 83.4 Å². The lowest BCUT2D eigenvalue weighted by molar-refractivity contribution is -0.137. The molecule has 0 aromatic heterocycles. The molecule has 0 heterocycles. The molecule has 1 atom stereocenters. The zero-order valence-electron chi connectivity index (χ0n) is 20.9. The Morgan fingerprint density at radius 2 is 1.50 bits per heavy atom. The predicted octanol–water partition coefficient (Wildman–Crippen LogP) is 4.92. The smallest absolute Gasteiger partial charge is 0.324 e. The highest BCUT2D eigenvalue weighted by Crippen LogP contribution is 2.31. The van der Waals surface area contributed by atoms with Gasteiger partial charge < -0.3 is 5.32 Å². The molecule has 38 heavy (non-hydrogen) atoms. The largest absolute Gasteiger partial charge is 0.416 e. The van der Waals surface area contributed by atoms with E-state index in [9.17, 15) is 34.8 Å². The number of sulfonamides is 2. The van der Waals surface area contributed by atoms with Gasteiger partial charge in [0.2, 0.25) is 15.9 Å². The Kier molecular flexibility index (Phi) is 8.13. The fraction of sp³-hybridized carbons (Fsp3) is 0.240. The van der Waals surface area contributed by atoms with Gasteiger partial charge in [-0.3, -0.25) is 13.8 Å². The first kappa shape index (κ1) is 29.0. The van der Waals surface area contributed by atoms with Crippen LogP contribution in [0, 0.1) is 13.8 Å². The van der Waals surface area contributed by atoms with E-state index in [1.54, 1.807) is 18.2 Å². The monoisotopic (exact) mass is 569 g/mol. The Morgan fingerprint density at radius 3 is 2.05 bits per heavy atom. The van der Waals surface area contributed by atoms with Crippen molar-refractivity contribution >= 4 is 43.0 Å². The van der Waals surface area contributed by atoms with Gasteiger partial charge in [0.05, 0.1) is 22.4 Å². The molecule has 3 aromatic carbocycles. The molecule has 0 saturated heterocycles. The van der Waals surface area contributed by atoms with Crippen LogP contribution >= 0.6 is 0 Å². The van der Waals surface area contributed by atoms with E-state index >= 15 is 0 Å². The quantitative estimate of drug-likeness (QED) is 0.400. The summed E-state index contributed by atoms with van der Waals surface area (Å²) in [4.78, 5) is 12.7. The molecule has 0 bridgehead atoms. The highest BCUT2D eigenvalue weighted by Gasteiger charge is 2.31. The number of amides is 1. The van der Waals surface area contributed by atoms with Crippen molar-refractivity contribution in [2.75, 3.05) is 20.6 Å². The highest BCUT2D eigenvalue weighted by molar-refractivity contribution is 7.92. The van der Waals surface area contributed by atoms with Crippen LogP contribution in [0.1, 0.15) is 23.6 Å². The van der Waals surface area contributed by atoms with Gasteiger partial charge in [-0.25, -0.2) is 16.8 Å². The minimum absolute atomic E-state index is 0.188. The predicted molar refractivity (Wildman–Crippen MR) is 140 cm³/mol. The average Bonchev–Trinajstić information content (AvgIpc) is 2.80. The third-order valence-corrected chi connectivity index (χ3v) is 8.35. The number of benzene rings is 3. The summed E-state index contributed by atoms with van der Waals surface area (Å²) in [6.07, 6.45) is -3.65. The number of hydrogen-bond donors (Lipinski definition) is 2. The molecular weight excluding hydrogens is 543 g/mol. The van der Waals surface area contributed by atoms with Crippen molar-refractivity contribution in [3.63, 3.8) is 0 Å². The number of nitrogens with zero attached hydrogens (tertiary/aromatic N) is 1. The van der Waals surface area contributed by atoms with Gasteiger partial charge in [-0.2, -0.15) is 13.2 Å². The number of halogens is 3. The normalized spacial score (nSPS) is 13.0. The topological polar surface area (TPSA) is 113 Å². The minimum atomic E-state index is -4.64. The van der Waals surface area contributed by atoms with Gasteiger partial charge in [0, 0.05) is 11.4 Å². The van der Waals surface area contributed by atoms with Gasteiger partial charge >= 0.3 is 6.18 Å². The lowest BCUT2D eigenvalue weighted by Crippen LogP contribution is -2.45. The lowest BCUT2D eigenvalue weighted by atomic mass is 10.1. The number of alkyl halides is 3. The number of aryl methyl sites for hydroxylation is 2. The van der Waals surface area contributed by atoms with Crippen molar-refractivity contribution < 1.29 is 34.8 Å². The zero-order chi connectivity index (χ0) is 28.5. The summed E-state index contributed by atoms with van der Waals surface area (Å²) in [6.45, 7) is 5.12. The van der Waals surface area contributed by atoms with Gasteiger partial charge in [-0.15, -0.1) is 0 Å². The molecule has 0 aliphatic carbocycles. The molecule has 3 aromatic rings. The first-order valence-corrected chi connectivity index (χ1v) is 14.5. The molecule has 0 aliphatic rings. The molecule has 0 spiro atoms. The third kappa shape index (κ3) is 6.84. The van der Waals surface area contributed by atoms with E-state index in [2.05, 4.69) is 10.0 Å². The molecule has 1 unspecified atom stereocenters. The zero-order valence-corrected chi connectivity index (χ0v) is 22.5. The van der Waals surface area contributed by atoms with E-state index in [0.717, 1.165) is 46.0 Å². The second kappa shape index (κ2) is 10.7. The summed E-state index contributed by atoms with van der Waals surface area (Å²) < 4.78 is 92.2. The standard InChI is InChI=1S/C25H26F3N3O5S2/c1-16-8-11-22(14-17(16)2)31(37(4,33)34)18(3)24(32)29-20-9-12-23(13-10-20)38(35,36)30-21-7-5-6-19(15-21)25(26,27)28/h5-15,18,30H,1-4H3,(H,29,32).